The van der Waals surface area contributed by atoms with Crippen LogP contribution in [0.5, 0.6) is 5.75 Å². The molecule has 3 aromatic carbocycles. The van der Waals surface area contributed by atoms with Gasteiger partial charge in [0, 0.05) is 11.8 Å². The number of hydrogen-bond donors (Lipinski definition) is 0. The molecular weight excluding hydrogens is 341 g/mol. The number of allylic oxidation sites excluding steroid dienone is 1. The second-order valence-electron chi connectivity index (χ2n) is 5.83. The smallest absolute Gasteiger partial charge is 0.185 e. The third-order valence-corrected chi connectivity index (χ3v) is 3.93. The minimum Gasteiger partial charge on any atom is -0.497 e. The van der Waals surface area contributed by atoms with Crippen LogP contribution in [0.2, 0.25) is 0 Å². The molecule has 3 nitrogen and oxygen atoms in total. The van der Waals surface area contributed by atoms with Crippen molar-refractivity contribution in [3.8, 4) is 5.75 Å². The van der Waals surface area contributed by atoms with E-state index in [1.807, 2.05) is 24.3 Å². The van der Waals surface area contributed by atoms with Crippen molar-refractivity contribution in [2.45, 2.75) is 0 Å². The van der Waals surface area contributed by atoms with Gasteiger partial charge in [-0.2, -0.15) is 0 Å². The summed E-state index contributed by atoms with van der Waals surface area (Å²) in [7, 11) is 1.63. The molecule has 134 valence electrons. The van der Waals surface area contributed by atoms with E-state index in [4.69, 9.17) is 4.74 Å². The average molecular weight is 359 g/mol. The predicted octanol–water partition coefficient (Wildman–Crippen LogP) is 5.48. The Balaban J connectivity index is 1.64. The zero-order chi connectivity index (χ0) is 19.1. The van der Waals surface area contributed by atoms with E-state index in [9.17, 15) is 9.18 Å². The zero-order valence-electron chi connectivity index (χ0n) is 14.8. The molecule has 3 rings (SSSR count). The van der Waals surface area contributed by atoms with Crippen LogP contribution in [0, 0.1) is 5.82 Å². The lowest BCUT2D eigenvalue weighted by Crippen LogP contribution is -1.93. The summed E-state index contributed by atoms with van der Waals surface area (Å²) in [4.78, 5) is 16.6. The number of benzene rings is 3. The van der Waals surface area contributed by atoms with Gasteiger partial charge in [-0.1, -0.05) is 18.2 Å². The van der Waals surface area contributed by atoms with Gasteiger partial charge in [-0.15, -0.1) is 0 Å². The van der Waals surface area contributed by atoms with Crippen LogP contribution in [0.3, 0.4) is 0 Å². The third kappa shape index (κ3) is 5.22. The van der Waals surface area contributed by atoms with Crippen molar-refractivity contribution in [1.29, 1.82) is 0 Å². The maximum atomic E-state index is 12.9. The Morgan fingerprint density at radius 1 is 0.889 bits per heavy atom. The fourth-order valence-electron chi connectivity index (χ4n) is 2.39. The molecule has 0 saturated carbocycles. The minimum atomic E-state index is -0.302. The summed E-state index contributed by atoms with van der Waals surface area (Å²) in [6, 6.07) is 20.6. The molecule has 0 heterocycles. The van der Waals surface area contributed by atoms with E-state index in [1.165, 1.54) is 18.2 Å². The number of aliphatic imine (C=N–C) groups is 1. The lowest BCUT2D eigenvalue weighted by Gasteiger charge is -2.00. The second-order valence-corrected chi connectivity index (χ2v) is 5.83. The highest BCUT2D eigenvalue weighted by Gasteiger charge is 2.01. The lowest BCUT2D eigenvalue weighted by molar-refractivity contribution is 0.104. The highest BCUT2D eigenvalue weighted by atomic mass is 19.1. The van der Waals surface area contributed by atoms with Crippen LogP contribution in [-0.2, 0) is 0 Å². The summed E-state index contributed by atoms with van der Waals surface area (Å²) in [6.45, 7) is 0. The molecule has 0 aromatic heterocycles. The van der Waals surface area contributed by atoms with Crippen LogP contribution < -0.4 is 4.74 Å². The van der Waals surface area contributed by atoms with Crippen LogP contribution in [0.15, 0.2) is 83.9 Å². The van der Waals surface area contributed by atoms with Crippen molar-refractivity contribution in [1.82, 2.24) is 0 Å². The molecule has 0 fully saturated rings. The van der Waals surface area contributed by atoms with Crippen molar-refractivity contribution >= 4 is 23.8 Å². The Kier molecular flexibility index (Phi) is 5.90. The number of nitrogens with zero attached hydrogens (tertiary/aromatic N) is 1. The molecule has 0 unspecified atom stereocenters. The first-order valence-corrected chi connectivity index (χ1v) is 8.40. The number of rotatable bonds is 6. The van der Waals surface area contributed by atoms with Gasteiger partial charge in [-0.3, -0.25) is 9.79 Å². The molecular formula is C23H18FNO2. The molecule has 0 aliphatic carbocycles. The van der Waals surface area contributed by atoms with Crippen LogP contribution in [0.4, 0.5) is 10.1 Å². The van der Waals surface area contributed by atoms with E-state index in [-0.39, 0.29) is 11.6 Å². The number of ether oxygens (including phenoxy) is 1. The zero-order valence-corrected chi connectivity index (χ0v) is 14.8. The standard InChI is InChI=1S/C23H18FNO2/c1-27-22-13-4-18(5-14-22)16-25-21-11-7-19(8-12-21)23(26)15-6-17-2-9-20(24)10-3-17/h2-16H,1H3. The highest BCUT2D eigenvalue weighted by Crippen LogP contribution is 2.16. The minimum absolute atomic E-state index is 0.120. The first kappa shape index (κ1) is 18.3. The first-order valence-electron chi connectivity index (χ1n) is 8.40. The SMILES string of the molecule is COc1ccc(C=Nc2ccc(C(=O)C=Cc3ccc(F)cc3)cc2)cc1. The number of ketones is 1. The number of carbonyl (C=O) groups excluding carboxylic acids is 1. The van der Waals surface area contributed by atoms with Crippen LogP contribution in [0.1, 0.15) is 21.5 Å². The summed E-state index contributed by atoms with van der Waals surface area (Å²) in [6.07, 6.45) is 4.89. The number of carbonyl (C=O) groups is 1. The number of methoxy groups -OCH3 is 1. The summed E-state index contributed by atoms with van der Waals surface area (Å²) in [5.41, 5.74) is 3.05. The van der Waals surface area contributed by atoms with Crippen LogP contribution >= 0.6 is 0 Å². The Morgan fingerprint density at radius 3 is 2.15 bits per heavy atom. The largest absolute Gasteiger partial charge is 0.497 e. The van der Waals surface area contributed by atoms with Gasteiger partial charge in [-0.25, -0.2) is 4.39 Å². The second kappa shape index (κ2) is 8.72. The van der Waals surface area contributed by atoms with E-state index >= 15 is 0 Å². The van der Waals surface area contributed by atoms with Crippen molar-refractivity contribution in [3.63, 3.8) is 0 Å². The van der Waals surface area contributed by atoms with E-state index < -0.39 is 0 Å². The van der Waals surface area contributed by atoms with Gasteiger partial charge >= 0.3 is 0 Å². The van der Waals surface area contributed by atoms with E-state index in [0.29, 0.717) is 5.56 Å². The first-order chi connectivity index (χ1) is 13.1. The molecule has 0 saturated heterocycles. The van der Waals surface area contributed by atoms with Crippen molar-refractivity contribution in [2.24, 2.45) is 4.99 Å². The Labute approximate surface area is 157 Å². The quantitative estimate of drug-likeness (QED) is 0.332. The fraction of sp³-hybridized carbons (Fsp3) is 0.0435. The topological polar surface area (TPSA) is 38.7 Å². The fourth-order valence-corrected chi connectivity index (χ4v) is 2.39. The third-order valence-electron chi connectivity index (χ3n) is 3.93. The number of halogens is 1. The Bertz CT molecular complexity index is 957. The maximum Gasteiger partial charge on any atom is 0.185 e. The molecule has 3 aromatic rings. The predicted molar refractivity (Wildman–Crippen MR) is 106 cm³/mol. The lowest BCUT2D eigenvalue weighted by atomic mass is 10.1. The highest BCUT2D eigenvalue weighted by molar-refractivity contribution is 6.07. The van der Waals surface area contributed by atoms with E-state index in [1.54, 1.807) is 55.8 Å². The molecule has 27 heavy (non-hydrogen) atoms. The molecule has 4 heteroatoms. The molecule has 0 amide bonds. The van der Waals surface area contributed by atoms with Gasteiger partial charge < -0.3 is 4.74 Å². The average Bonchev–Trinajstić information content (AvgIpc) is 2.72. The van der Waals surface area contributed by atoms with Crippen molar-refractivity contribution in [2.75, 3.05) is 7.11 Å². The summed E-state index contributed by atoms with van der Waals surface area (Å²) in [5.74, 6) is 0.373. The van der Waals surface area contributed by atoms with Crippen LogP contribution in [0.25, 0.3) is 6.08 Å². The van der Waals surface area contributed by atoms with E-state index in [0.717, 1.165) is 22.6 Å². The van der Waals surface area contributed by atoms with Gasteiger partial charge in [0.15, 0.2) is 5.78 Å². The van der Waals surface area contributed by atoms with Gasteiger partial charge in [-0.05, 0) is 77.9 Å². The molecule has 0 bridgehead atoms. The molecule has 0 aliphatic rings. The van der Waals surface area contributed by atoms with Crippen molar-refractivity contribution < 1.29 is 13.9 Å². The summed E-state index contributed by atoms with van der Waals surface area (Å²) >= 11 is 0. The van der Waals surface area contributed by atoms with Gasteiger partial charge in [0.05, 0.1) is 12.8 Å². The Morgan fingerprint density at radius 2 is 1.52 bits per heavy atom. The maximum absolute atomic E-state index is 12.9. The molecule has 0 spiro atoms. The molecule has 0 atom stereocenters. The van der Waals surface area contributed by atoms with E-state index in [2.05, 4.69) is 4.99 Å². The van der Waals surface area contributed by atoms with Crippen LogP contribution in [-0.4, -0.2) is 19.1 Å². The molecule has 0 radical (unpaired) electrons. The monoisotopic (exact) mass is 359 g/mol. The normalized spacial score (nSPS) is 11.2. The molecule has 0 N–H and O–H groups in total. The van der Waals surface area contributed by atoms with Crippen molar-refractivity contribution in [3.05, 3.63) is 101 Å². The number of hydrogen-bond acceptors (Lipinski definition) is 3. The Hall–Kier alpha value is -3.53. The van der Waals surface area contributed by atoms with Gasteiger partial charge in [0.2, 0.25) is 0 Å². The summed E-state index contributed by atoms with van der Waals surface area (Å²) in [5, 5.41) is 0. The van der Waals surface area contributed by atoms with Gasteiger partial charge in [0.1, 0.15) is 11.6 Å². The molecule has 0 aliphatic heterocycles. The summed E-state index contributed by atoms with van der Waals surface area (Å²) < 4.78 is 18.0. The van der Waals surface area contributed by atoms with Gasteiger partial charge in [0.25, 0.3) is 0 Å².